The van der Waals surface area contributed by atoms with Crippen LogP contribution in [0.3, 0.4) is 0 Å². The van der Waals surface area contributed by atoms with Gasteiger partial charge in [0.15, 0.2) is 6.20 Å². The lowest BCUT2D eigenvalue weighted by Crippen LogP contribution is -2.39. The molecule has 0 aliphatic heterocycles. The number of carbonyl (C=O) groups excluding carboxylic acids is 1. The van der Waals surface area contributed by atoms with Crippen molar-refractivity contribution >= 4 is 22.7 Å². The second-order valence-electron chi connectivity index (χ2n) is 5.01. The van der Waals surface area contributed by atoms with Crippen molar-refractivity contribution in [3.8, 4) is 0 Å². The van der Waals surface area contributed by atoms with E-state index in [1.807, 2.05) is 42.5 Å². The molecule has 3 rings (SSSR count). The van der Waals surface area contributed by atoms with Crippen molar-refractivity contribution in [1.82, 2.24) is 0 Å². The van der Waals surface area contributed by atoms with Crippen molar-refractivity contribution in [2.45, 2.75) is 6.54 Å². The molecule has 0 fully saturated rings. The number of nitrogens with zero attached hydrogens (tertiary/aromatic N) is 1. The molecule has 0 spiro atoms. The van der Waals surface area contributed by atoms with Crippen LogP contribution in [0.15, 0.2) is 66.9 Å². The number of fused-ring (bicyclic) bond motifs is 1. The Morgan fingerprint density at radius 1 is 0.909 bits per heavy atom. The van der Waals surface area contributed by atoms with E-state index in [4.69, 9.17) is 0 Å². The van der Waals surface area contributed by atoms with E-state index in [9.17, 15) is 14.7 Å². The Labute approximate surface area is 127 Å². The van der Waals surface area contributed by atoms with E-state index < -0.39 is 5.97 Å². The quantitative estimate of drug-likeness (QED) is 0.594. The van der Waals surface area contributed by atoms with Crippen molar-refractivity contribution in [2.24, 2.45) is 0 Å². The van der Waals surface area contributed by atoms with E-state index in [-0.39, 0.29) is 17.9 Å². The Hall–Kier alpha value is -3.01. The second-order valence-corrected chi connectivity index (χ2v) is 5.01. The lowest BCUT2D eigenvalue weighted by molar-refractivity contribution is -0.657. The van der Waals surface area contributed by atoms with Crippen LogP contribution in [0, 0.1) is 0 Å². The minimum absolute atomic E-state index is 0.0571. The topological polar surface area (TPSA) is 58.2 Å². The van der Waals surface area contributed by atoms with Gasteiger partial charge in [0.25, 0.3) is 0 Å². The molecule has 1 aromatic heterocycles. The molecule has 0 aliphatic carbocycles. The smallest absolute Gasteiger partial charge is 0.341 e. The summed E-state index contributed by atoms with van der Waals surface area (Å²) in [5, 5.41) is 10.0. The average Bonchev–Trinajstić information content (AvgIpc) is 2.55. The number of carbonyl (C=O) groups is 2. The van der Waals surface area contributed by atoms with Gasteiger partial charge in [-0.05, 0) is 12.1 Å². The molecule has 0 aliphatic rings. The second kappa shape index (κ2) is 5.77. The number of benzene rings is 2. The standard InChI is InChI=1S/C18H13NO3/c20-17(13-6-2-1-3-7-13)12-19-11-15(18(21)22)10-14-8-4-5-9-16(14)19/h1-11H,12H2/p+1. The van der Waals surface area contributed by atoms with Gasteiger partial charge in [-0.2, -0.15) is 4.57 Å². The van der Waals surface area contributed by atoms with Gasteiger partial charge in [-0.3, -0.25) is 4.79 Å². The highest BCUT2D eigenvalue weighted by Gasteiger charge is 2.18. The van der Waals surface area contributed by atoms with Gasteiger partial charge in [-0.25, -0.2) is 4.79 Å². The van der Waals surface area contributed by atoms with Crippen LogP contribution < -0.4 is 4.57 Å². The third kappa shape index (κ3) is 2.72. The number of hydrogen-bond acceptors (Lipinski definition) is 2. The fourth-order valence-electron chi connectivity index (χ4n) is 2.43. The molecule has 2 aromatic carbocycles. The van der Waals surface area contributed by atoms with Crippen LogP contribution in [0.25, 0.3) is 10.9 Å². The first-order valence-corrected chi connectivity index (χ1v) is 6.89. The zero-order valence-electron chi connectivity index (χ0n) is 11.8. The highest BCUT2D eigenvalue weighted by molar-refractivity contribution is 5.95. The molecule has 0 saturated carbocycles. The predicted octanol–water partition coefficient (Wildman–Crippen LogP) is 2.71. The Kier molecular flexibility index (Phi) is 3.66. The third-order valence-corrected chi connectivity index (χ3v) is 3.51. The summed E-state index contributed by atoms with van der Waals surface area (Å²) in [5.74, 6) is -1.06. The summed E-state index contributed by atoms with van der Waals surface area (Å²) in [5.41, 5.74) is 1.61. The maximum atomic E-state index is 12.4. The number of pyridine rings is 1. The molecule has 108 valence electrons. The first-order chi connectivity index (χ1) is 10.6. The molecule has 0 unspecified atom stereocenters. The van der Waals surface area contributed by atoms with Crippen LogP contribution >= 0.6 is 0 Å². The van der Waals surface area contributed by atoms with Gasteiger partial charge in [-0.15, -0.1) is 0 Å². The van der Waals surface area contributed by atoms with Crippen molar-refractivity contribution in [1.29, 1.82) is 0 Å². The van der Waals surface area contributed by atoms with Gasteiger partial charge < -0.3 is 5.11 Å². The molecule has 4 nitrogen and oxygen atoms in total. The predicted molar refractivity (Wildman–Crippen MR) is 81.9 cm³/mol. The van der Waals surface area contributed by atoms with Gasteiger partial charge in [-0.1, -0.05) is 42.5 Å². The summed E-state index contributed by atoms with van der Waals surface area (Å²) in [6, 6.07) is 18.0. The number of aromatic carboxylic acids is 1. The highest BCUT2D eigenvalue weighted by atomic mass is 16.4. The molecular formula is C18H14NO3+. The van der Waals surface area contributed by atoms with Gasteiger partial charge in [0.2, 0.25) is 17.8 Å². The first kappa shape index (κ1) is 13.9. The number of aromatic nitrogens is 1. The summed E-state index contributed by atoms with van der Waals surface area (Å²) < 4.78 is 1.69. The van der Waals surface area contributed by atoms with Crippen molar-refractivity contribution in [3.63, 3.8) is 0 Å². The molecule has 0 bridgehead atoms. The number of hydrogen-bond donors (Lipinski definition) is 1. The summed E-state index contributed by atoms with van der Waals surface area (Å²) >= 11 is 0. The lowest BCUT2D eigenvalue weighted by Gasteiger charge is -2.03. The molecule has 3 aromatic rings. The van der Waals surface area contributed by atoms with E-state index >= 15 is 0 Å². The number of Topliss-reactive ketones (excluding diaryl/α,β-unsaturated/α-hetero) is 1. The normalized spacial score (nSPS) is 10.5. The Balaban J connectivity index is 2.06. The molecule has 22 heavy (non-hydrogen) atoms. The lowest BCUT2D eigenvalue weighted by atomic mass is 10.1. The zero-order chi connectivity index (χ0) is 15.5. The largest absolute Gasteiger partial charge is 0.477 e. The molecule has 4 heteroatoms. The Bertz CT molecular complexity index is 857. The number of carboxylic acid groups (broad SMARTS) is 1. The van der Waals surface area contributed by atoms with Crippen molar-refractivity contribution in [2.75, 3.05) is 0 Å². The van der Waals surface area contributed by atoms with Crippen LogP contribution in [-0.4, -0.2) is 16.9 Å². The molecule has 1 N–H and O–H groups in total. The van der Waals surface area contributed by atoms with E-state index in [2.05, 4.69) is 0 Å². The number of carboxylic acids is 1. The van der Waals surface area contributed by atoms with E-state index in [0.717, 1.165) is 10.9 Å². The molecule has 0 radical (unpaired) electrons. The minimum Gasteiger partial charge on any atom is -0.477 e. The highest BCUT2D eigenvalue weighted by Crippen LogP contribution is 2.12. The number of ketones is 1. The van der Waals surface area contributed by atoms with E-state index in [1.165, 1.54) is 6.20 Å². The maximum absolute atomic E-state index is 12.4. The first-order valence-electron chi connectivity index (χ1n) is 6.89. The van der Waals surface area contributed by atoms with Gasteiger partial charge >= 0.3 is 5.97 Å². The fraction of sp³-hybridized carbons (Fsp3) is 0.0556. The zero-order valence-corrected chi connectivity index (χ0v) is 11.8. The molecule has 0 amide bonds. The SMILES string of the molecule is O=C(O)c1cc2ccccc2[n+](CC(=O)c2ccccc2)c1. The molecular weight excluding hydrogens is 278 g/mol. The van der Waals surface area contributed by atoms with Gasteiger partial charge in [0, 0.05) is 17.0 Å². The number of rotatable bonds is 4. The summed E-state index contributed by atoms with van der Waals surface area (Å²) in [4.78, 5) is 23.6. The van der Waals surface area contributed by atoms with Crippen molar-refractivity contribution < 1.29 is 19.3 Å². The van der Waals surface area contributed by atoms with Crippen LogP contribution in [0.2, 0.25) is 0 Å². The summed E-state index contributed by atoms with van der Waals surface area (Å²) in [6.45, 7) is 0.103. The molecule has 0 atom stereocenters. The van der Waals surface area contributed by atoms with Gasteiger partial charge in [0.1, 0.15) is 5.56 Å². The minimum atomic E-state index is -1.01. The Morgan fingerprint density at radius 3 is 2.32 bits per heavy atom. The Morgan fingerprint density at radius 2 is 1.59 bits per heavy atom. The van der Waals surface area contributed by atoms with E-state index in [0.29, 0.717) is 5.56 Å². The maximum Gasteiger partial charge on any atom is 0.341 e. The number of para-hydroxylation sites is 1. The van der Waals surface area contributed by atoms with Crippen LogP contribution in [-0.2, 0) is 6.54 Å². The van der Waals surface area contributed by atoms with E-state index in [1.54, 1.807) is 22.8 Å². The van der Waals surface area contributed by atoms with Crippen LogP contribution in [0.4, 0.5) is 0 Å². The monoisotopic (exact) mass is 292 g/mol. The summed E-state index contributed by atoms with van der Waals surface area (Å²) in [6.07, 6.45) is 1.51. The molecule has 1 heterocycles. The summed E-state index contributed by atoms with van der Waals surface area (Å²) in [7, 11) is 0. The average molecular weight is 292 g/mol. The van der Waals surface area contributed by atoms with Crippen LogP contribution in [0.5, 0.6) is 0 Å². The van der Waals surface area contributed by atoms with Crippen molar-refractivity contribution in [3.05, 3.63) is 78.0 Å². The van der Waals surface area contributed by atoms with Gasteiger partial charge in [0.05, 0.1) is 0 Å². The third-order valence-electron chi connectivity index (χ3n) is 3.51. The van der Waals surface area contributed by atoms with Crippen LogP contribution in [0.1, 0.15) is 20.7 Å². The fourth-order valence-corrected chi connectivity index (χ4v) is 2.43. The molecule has 0 saturated heterocycles.